The van der Waals surface area contributed by atoms with Crippen LogP contribution in [-0.2, 0) is 0 Å². The van der Waals surface area contributed by atoms with Gasteiger partial charge in [0, 0.05) is 23.4 Å². The van der Waals surface area contributed by atoms with Crippen molar-refractivity contribution in [2.75, 3.05) is 19.7 Å². The average molecular weight is 275 g/mol. The summed E-state index contributed by atoms with van der Waals surface area (Å²) in [6.45, 7) is 2.89. The molecule has 3 rings (SSSR count). The lowest BCUT2D eigenvalue weighted by atomic mass is 10.0. The number of nitrogens with zero attached hydrogens (tertiary/aromatic N) is 2. The smallest absolute Gasteiger partial charge is 0.232 e. The van der Waals surface area contributed by atoms with Crippen molar-refractivity contribution in [3.63, 3.8) is 0 Å². The maximum Gasteiger partial charge on any atom is 0.232 e. The van der Waals surface area contributed by atoms with Crippen LogP contribution in [0.3, 0.4) is 0 Å². The molecule has 0 aromatic carbocycles. The van der Waals surface area contributed by atoms with Gasteiger partial charge in [-0.05, 0) is 30.8 Å². The van der Waals surface area contributed by atoms with Gasteiger partial charge < -0.3 is 10.1 Å². The Morgan fingerprint density at radius 2 is 2.42 bits per heavy atom. The molecule has 1 saturated heterocycles. The number of thiophene rings is 1. The molecular formula is C14H17N3OS. The first kappa shape index (κ1) is 12.6. The minimum absolute atomic E-state index is 0.584. The monoisotopic (exact) mass is 275 g/mol. The van der Waals surface area contributed by atoms with Crippen molar-refractivity contribution in [1.29, 1.82) is 0 Å². The number of piperidine rings is 1. The zero-order valence-corrected chi connectivity index (χ0v) is 11.5. The Balaban J connectivity index is 1.63. The Hall–Kier alpha value is -1.46. The van der Waals surface area contributed by atoms with Gasteiger partial charge in [0.05, 0.1) is 24.7 Å². The van der Waals surface area contributed by atoms with E-state index in [4.69, 9.17) is 4.74 Å². The van der Waals surface area contributed by atoms with E-state index in [9.17, 15) is 0 Å². The lowest BCUT2D eigenvalue weighted by Gasteiger charge is -2.22. The first-order valence-electron chi connectivity index (χ1n) is 6.60. The molecular weight excluding hydrogens is 258 g/mol. The van der Waals surface area contributed by atoms with Gasteiger partial charge in [-0.3, -0.25) is 4.98 Å². The minimum Gasteiger partial charge on any atom is -0.476 e. The second-order valence-corrected chi connectivity index (χ2v) is 5.56. The molecule has 1 atom stereocenters. The first-order chi connectivity index (χ1) is 9.42. The van der Waals surface area contributed by atoms with Crippen molar-refractivity contribution in [1.82, 2.24) is 15.3 Å². The molecule has 0 amide bonds. The van der Waals surface area contributed by atoms with E-state index in [1.807, 2.05) is 11.4 Å². The van der Waals surface area contributed by atoms with Crippen LogP contribution in [0, 0.1) is 5.92 Å². The topological polar surface area (TPSA) is 47.0 Å². The summed E-state index contributed by atoms with van der Waals surface area (Å²) >= 11 is 1.66. The van der Waals surface area contributed by atoms with Gasteiger partial charge in [-0.1, -0.05) is 0 Å². The third kappa shape index (κ3) is 3.30. The van der Waals surface area contributed by atoms with Crippen molar-refractivity contribution in [3.05, 3.63) is 29.2 Å². The van der Waals surface area contributed by atoms with Gasteiger partial charge in [-0.2, -0.15) is 11.3 Å². The van der Waals surface area contributed by atoms with Crippen molar-refractivity contribution in [2.24, 2.45) is 5.92 Å². The van der Waals surface area contributed by atoms with Crippen LogP contribution < -0.4 is 10.1 Å². The predicted molar refractivity (Wildman–Crippen MR) is 76.4 cm³/mol. The fourth-order valence-electron chi connectivity index (χ4n) is 2.24. The van der Waals surface area contributed by atoms with Crippen LogP contribution in [0.2, 0.25) is 0 Å². The molecule has 3 heterocycles. The normalized spacial score (nSPS) is 19.3. The highest BCUT2D eigenvalue weighted by atomic mass is 32.1. The van der Waals surface area contributed by atoms with Gasteiger partial charge in [0.25, 0.3) is 0 Å². The van der Waals surface area contributed by atoms with Crippen molar-refractivity contribution in [2.45, 2.75) is 12.8 Å². The van der Waals surface area contributed by atoms with Crippen LogP contribution >= 0.6 is 11.3 Å². The highest BCUT2D eigenvalue weighted by Crippen LogP contribution is 2.21. The van der Waals surface area contributed by atoms with E-state index >= 15 is 0 Å². The number of hydrogen-bond donors (Lipinski definition) is 1. The van der Waals surface area contributed by atoms with Crippen molar-refractivity contribution < 1.29 is 4.74 Å². The molecule has 1 N–H and O–H groups in total. The molecule has 0 bridgehead atoms. The molecule has 1 aliphatic rings. The number of aromatic nitrogens is 2. The summed E-state index contributed by atoms with van der Waals surface area (Å²) in [5.74, 6) is 1.20. The Morgan fingerprint density at radius 1 is 1.42 bits per heavy atom. The molecule has 0 aliphatic carbocycles. The zero-order valence-electron chi connectivity index (χ0n) is 10.7. The Morgan fingerprint density at radius 3 is 3.21 bits per heavy atom. The van der Waals surface area contributed by atoms with E-state index < -0.39 is 0 Å². The number of hydrogen-bond acceptors (Lipinski definition) is 5. The quantitative estimate of drug-likeness (QED) is 0.931. The van der Waals surface area contributed by atoms with E-state index in [0.29, 0.717) is 11.8 Å². The minimum atomic E-state index is 0.584. The van der Waals surface area contributed by atoms with Gasteiger partial charge in [-0.25, -0.2) is 4.98 Å². The summed E-state index contributed by atoms with van der Waals surface area (Å²) < 4.78 is 5.77. The molecule has 1 aliphatic heterocycles. The van der Waals surface area contributed by atoms with Crippen molar-refractivity contribution in [3.8, 4) is 17.1 Å². The molecule has 5 heteroatoms. The number of rotatable bonds is 4. The Kier molecular flexibility index (Phi) is 4.05. The number of ether oxygens (including phenoxy) is 1. The van der Waals surface area contributed by atoms with Gasteiger partial charge in [0.1, 0.15) is 0 Å². The third-order valence-corrected chi connectivity index (χ3v) is 3.98. The molecule has 0 saturated carbocycles. The molecule has 100 valence electrons. The second-order valence-electron chi connectivity index (χ2n) is 4.78. The van der Waals surface area contributed by atoms with Crippen LogP contribution in [0.25, 0.3) is 11.3 Å². The Bertz CT molecular complexity index is 509. The highest BCUT2D eigenvalue weighted by molar-refractivity contribution is 7.08. The molecule has 1 unspecified atom stereocenters. The van der Waals surface area contributed by atoms with Crippen LogP contribution in [-0.4, -0.2) is 29.7 Å². The summed E-state index contributed by atoms with van der Waals surface area (Å²) in [5, 5.41) is 7.50. The van der Waals surface area contributed by atoms with Crippen LogP contribution in [0.15, 0.2) is 29.2 Å². The van der Waals surface area contributed by atoms with Gasteiger partial charge in [0.2, 0.25) is 5.88 Å². The molecule has 0 radical (unpaired) electrons. The summed E-state index contributed by atoms with van der Waals surface area (Å²) in [5.41, 5.74) is 1.97. The lowest BCUT2D eigenvalue weighted by Crippen LogP contribution is -2.33. The molecule has 19 heavy (non-hydrogen) atoms. The fraction of sp³-hybridized carbons (Fsp3) is 0.429. The summed E-state index contributed by atoms with van der Waals surface area (Å²) in [4.78, 5) is 8.71. The highest BCUT2D eigenvalue weighted by Gasteiger charge is 2.14. The van der Waals surface area contributed by atoms with Crippen LogP contribution in [0.1, 0.15) is 12.8 Å². The van der Waals surface area contributed by atoms with Gasteiger partial charge in [-0.15, -0.1) is 0 Å². The largest absolute Gasteiger partial charge is 0.476 e. The van der Waals surface area contributed by atoms with E-state index in [0.717, 1.165) is 31.0 Å². The molecule has 1 fully saturated rings. The number of nitrogens with one attached hydrogen (secondary N) is 1. The molecule has 2 aromatic heterocycles. The lowest BCUT2D eigenvalue weighted by molar-refractivity contribution is 0.211. The summed E-state index contributed by atoms with van der Waals surface area (Å²) in [7, 11) is 0. The Labute approximate surface area is 116 Å². The summed E-state index contributed by atoms with van der Waals surface area (Å²) in [6, 6.07) is 2.05. The summed E-state index contributed by atoms with van der Waals surface area (Å²) in [6.07, 6.45) is 5.92. The van der Waals surface area contributed by atoms with E-state index in [2.05, 4.69) is 20.7 Å². The first-order valence-corrected chi connectivity index (χ1v) is 7.54. The standard InChI is InChI=1S/C14H17N3OS/c1-2-11(6-15-4-1)9-18-14-8-16-7-13(17-14)12-3-5-19-10-12/h3,5,7-8,10-11,15H,1-2,4,6,9H2. The third-order valence-electron chi connectivity index (χ3n) is 3.30. The van der Waals surface area contributed by atoms with Gasteiger partial charge in [0.15, 0.2) is 0 Å². The van der Waals surface area contributed by atoms with Gasteiger partial charge >= 0.3 is 0 Å². The average Bonchev–Trinajstić information content (AvgIpc) is 3.01. The maximum atomic E-state index is 5.77. The second kappa shape index (κ2) is 6.12. The fourth-order valence-corrected chi connectivity index (χ4v) is 2.89. The molecule has 2 aromatic rings. The maximum absolute atomic E-state index is 5.77. The van der Waals surface area contributed by atoms with Crippen LogP contribution in [0.4, 0.5) is 0 Å². The zero-order chi connectivity index (χ0) is 12.9. The SMILES string of the molecule is c1cc(-c2cncc(OCC3CCCNC3)n2)cs1. The predicted octanol–water partition coefficient (Wildman–Crippen LogP) is 2.58. The molecule has 0 spiro atoms. The van der Waals surface area contributed by atoms with E-state index in [1.165, 1.54) is 12.8 Å². The van der Waals surface area contributed by atoms with Crippen LogP contribution in [0.5, 0.6) is 5.88 Å². The van der Waals surface area contributed by atoms with Crippen molar-refractivity contribution >= 4 is 11.3 Å². The van der Waals surface area contributed by atoms with E-state index in [-0.39, 0.29) is 0 Å². The molecule has 4 nitrogen and oxygen atoms in total. The van der Waals surface area contributed by atoms with E-state index in [1.54, 1.807) is 23.7 Å².